The number of carbonyl (C=O) groups is 2. The van der Waals surface area contributed by atoms with Gasteiger partial charge in [-0.3, -0.25) is 9.69 Å². The molecule has 0 bridgehead atoms. The normalized spacial score (nSPS) is 19.1. The minimum Gasteiger partial charge on any atom is -0.444 e. The highest BCUT2D eigenvalue weighted by atomic mass is 16.6. The van der Waals surface area contributed by atoms with Gasteiger partial charge in [0.15, 0.2) is 5.78 Å². The summed E-state index contributed by atoms with van der Waals surface area (Å²) in [6.45, 7) is 6.36. The van der Waals surface area contributed by atoms with E-state index in [9.17, 15) is 9.59 Å². The molecule has 0 aromatic carbocycles. The number of rotatable bonds is 3. The molecule has 1 fully saturated rings. The maximum Gasteiger partial charge on any atom is 0.411 e. The fourth-order valence-electron chi connectivity index (χ4n) is 2.25. The van der Waals surface area contributed by atoms with Crippen molar-refractivity contribution in [1.82, 2.24) is 14.5 Å². The number of aromatic nitrogens is 2. The number of hydrogen-bond acceptors (Lipinski definition) is 5. The molecule has 0 aliphatic carbocycles. The third-order valence-corrected chi connectivity index (χ3v) is 3.38. The zero-order chi connectivity index (χ0) is 16.3. The van der Waals surface area contributed by atoms with Crippen LogP contribution in [0, 0.1) is 0 Å². The summed E-state index contributed by atoms with van der Waals surface area (Å²) in [7, 11) is 1.83. The number of imidazole rings is 1. The van der Waals surface area contributed by atoms with Crippen molar-refractivity contribution in [1.29, 1.82) is 0 Å². The summed E-state index contributed by atoms with van der Waals surface area (Å²) in [4.78, 5) is 30.4. The Kier molecular flexibility index (Phi) is 4.85. The molecule has 1 aromatic rings. The van der Waals surface area contributed by atoms with E-state index in [2.05, 4.69) is 4.98 Å². The molecule has 7 heteroatoms. The van der Waals surface area contributed by atoms with Crippen LogP contribution >= 0.6 is 0 Å². The van der Waals surface area contributed by atoms with E-state index in [4.69, 9.17) is 9.47 Å². The molecule has 0 N–H and O–H groups in total. The van der Waals surface area contributed by atoms with E-state index in [-0.39, 0.29) is 18.8 Å². The number of ether oxygens (including phenoxy) is 2. The standard InChI is InChI=1S/C15H23N3O4/c1-15(2,3)22-14(20)18-7-8-21-10-11(18)12(19)9-13-16-5-6-17(13)4/h5-6,11H,7-10H2,1-4H3. The number of carbonyl (C=O) groups excluding carboxylic acids is 2. The van der Waals surface area contributed by atoms with Crippen LogP contribution in [0.4, 0.5) is 4.79 Å². The lowest BCUT2D eigenvalue weighted by molar-refractivity contribution is -0.129. The van der Waals surface area contributed by atoms with Gasteiger partial charge < -0.3 is 14.0 Å². The van der Waals surface area contributed by atoms with Crippen LogP contribution in [0.5, 0.6) is 0 Å². The second kappa shape index (κ2) is 6.48. The van der Waals surface area contributed by atoms with Crippen LogP contribution < -0.4 is 0 Å². The average Bonchev–Trinajstić information content (AvgIpc) is 2.82. The van der Waals surface area contributed by atoms with E-state index in [0.29, 0.717) is 19.0 Å². The van der Waals surface area contributed by atoms with Crippen molar-refractivity contribution >= 4 is 11.9 Å². The predicted molar refractivity (Wildman–Crippen MR) is 79.5 cm³/mol. The fraction of sp³-hybridized carbons (Fsp3) is 0.667. The Labute approximate surface area is 130 Å². The molecule has 1 saturated heterocycles. The van der Waals surface area contributed by atoms with Crippen LogP contribution in [0.25, 0.3) is 0 Å². The summed E-state index contributed by atoms with van der Waals surface area (Å²) in [5.74, 6) is 0.569. The number of ketones is 1. The molecule has 0 radical (unpaired) electrons. The Morgan fingerprint density at radius 3 is 2.77 bits per heavy atom. The van der Waals surface area contributed by atoms with E-state index in [1.54, 1.807) is 37.7 Å². The molecule has 122 valence electrons. The minimum absolute atomic E-state index is 0.0974. The van der Waals surface area contributed by atoms with Crippen molar-refractivity contribution in [2.45, 2.75) is 38.8 Å². The van der Waals surface area contributed by atoms with E-state index in [1.807, 2.05) is 7.05 Å². The smallest absolute Gasteiger partial charge is 0.411 e. The van der Waals surface area contributed by atoms with Gasteiger partial charge in [-0.25, -0.2) is 9.78 Å². The summed E-state index contributed by atoms with van der Waals surface area (Å²) < 4.78 is 12.5. The molecular weight excluding hydrogens is 286 g/mol. The van der Waals surface area contributed by atoms with Crippen LogP contribution in [-0.2, 0) is 27.7 Å². The summed E-state index contributed by atoms with van der Waals surface area (Å²) in [5, 5.41) is 0. The monoisotopic (exact) mass is 309 g/mol. The van der Waals surface area contributed by atoms with Gasteiger partial charge in [-0.05, 0) is 20.8 Å². The molecule has 1 amide bonds. The lowest BCUT2D eigenvalue weighted by atomic mass is 10.1. The van der Waals surface area contributed by atoms with Crippen molar-refractivity contribution in [2.24, 2.45) is 7.05 Å². The first kappa shape index (κ1) is 16.5. The number of aryl methyl sites for hydroxylation is 1. The highest BCUT2D eigenvalue weighted by Gasteiger charge is 2.35. The van der Waals surface area contributed by atoms with Crippen molar-refractivity contribution in [3.8, 4) is 0 Å². The molecule has 1 aliphatic heterocycles. The van der Waals surface area contributed by atoms with Crippen LogP contribution in [0.15, 0.2) is 12.4 Å². The maximum atomic E-state index is 12.5. The van der Waals surface area contributed by atoms with Crippen molar-refractivity contribution in [3.63, 3.8) is 0 Å². The van der Waals surface area contributed by atoms with Gasteiger partial charge in [-0.15, -0.1) is 0 Å². The zero-order valence-corrected chi connectivity index (χ0v) is 13.5. The van der Waals surface area contributed by atoms with Gasteiger partial charge in [0.2, 0.25) is 0 Å². The van der Waals surface area contributed by atoms with Crippen LogP contribution in [0.3, 0.4) is 0 Å². The Morgan fingerprint density at radius 2 is 2.18 bits per heavy atom. The van der Waals surface area contributed by atoms with Gasteiger partial charge in [0.05, 0.1) is 19.6 Å². The van der Waals surface area contributed by atoms with Crippen LogP contribution in [-0.4, -0.2) is 57.7 Å². The third-order valence-electron chi connectivity index (χ3n) is 3.38. The quantitative estimate of drug-likeness (QED) is 0.838. The van der Waals surface area contributed by atoms with E-state index in [1.165, 1.54) is 4.90 Å². The number of morpholine rings is 1. The van der Waals surface area contributed by atoms with E-state index >= 15 is 0 Å². The molecule has 1 aliphatic rings. The average molecular weight is 309 g/mol. The van der Waals surface area contributed by atoms with Gasteiger partial charge in [0, 0.05) is 26.0 Å². The van der Waals surface area contributed by atoms with E-state index < -0.39 is 17.7 Å². The molecule has 1 aromatic heterocycles. The summed E-state index contributed by atoms with van der Waals surface area (Å²) in [6.07, 6.45) is 3.11. The lowest BCUT2D eigenvalue weighted by Crippen LogP contribution is -2.54. The topological polar surface area (TPSA) is 73.7 Å². The summed E-state index contributed by atoms with van der Waals surface area (Å²) >= 11 is 0. The number of amides is 1. The lowest BCUT2D eigenvalue weighted by Gasteiger charge is -2.35. The van der Waals surface area contributed by atoms with Gasteiger partial charge >= 0.3 is 6.09 Å². The van der Waals surface area contributed by atoms with Gasteiger partial charge in [0.25, 0.3) is 0 Å². The predicted octanol–water partition coefficient (Wildman–Crippen LogP) is 1.17. The van der Waals surface area contributed by atoms with E-state index in [0.717, 1.165) is 0 Å². The first-order valence-electron chi connectivity index (χ1n) is 7.34. The van der Waals surface area contributed by atoms with Crippen molar-refractivity contribution in [2.75, 3.05) is 19.8 Å². The van der Waals surface area contributed by atoms with Crippen LogP contribution in [0.1, 0.15) is 26.6 Å². The Balaban J connectivity index is 2.07. The Hall–Kier alpha value is -1.89. The number of hydrogen-bond donors (Lipinski definition) is 0. The summed E-state index contributed by atoms with van der Waals surface area (Å²) in [5.41, 5.74) is -0.595. The highest BCUT2D eigenvalue weighted by molar-refractivity contribution is 5.89. The van der Waals surface area contributed by atoms with Crippen molar-refractivity contribution < 1.29 is 19.1 Å². The SMILES string of the molecule is Cn1ccnc1CC(=O)C1COCCN1C(=O)OC(C)(C)C. The second-order valence-electron chi connectivity index (χ2n) is 6.36. The summed E-state index contributed by atoms with van der Waals surface area (Å²) in [6, 6.07) is -0.625. The molecule has 0 spiro atoms. The fourth-order valence-corrected chi connectivity index (χ4v) is 2.25. The highest BCUT2D eigenvalue weighted by Crippen LogP contribution is 2.16. The molecule has 2 heterocycles. The van der Waals surface area contributed by atoms with Crippen molar-refractivity contribution in [3.05, 3.63) is 18.2 Å². The Bertz CT molecular complexity index is 547. The molecule has 1 atom stereocenters. The van der Waals surface area contributed by atoms with Gasteiger partial charge in [-0.1, -0.05) is 0 Å². The first-order valence-corrected chi connectivity index (χ1v) is 7.34. The molecule has 22 heavy (non-hydrogen) atoms. The number of nitrogens with zero attached hydrogens (tertiary/aromatic N) is 3. The maximum absolute atomic E-state index is 12.5. The van der Waals surface area contributed by atoms with Gasteiger partial charge in [-0.2, -0.15) is 0 Å². The molecule has 2 rings (SSSR count). The largest absolute Gasteiger partial charge is 0.444 e. The number of Topliss-reactive ketones (excluding diaryl/α,β-unsaturated/α-hetero) is 1. The third kappa shape index (κ3) is 4.07. The molecule has 0 saturated carbocycles. The van der Waals surface area contributed by atoms with Gasteiger partial charge in [0.1, 0.15) is 17.5 Å². The Morgan fingerprint density at radius 1 is 1.45 bits per heavy atom. The second-order valence-corrected chi connectivity index (χ2v) is 6.36. The molecule has 7 nitrogen and oxygen atoms in total. The molecule has 1 unspecified atom stereocenters. The molecular formula is C15H23N3O4. The first-order chi connectivity index (χ1) is 10.3. The zero-order valence-electron chi connectivity index (χ0n) is 13.5. The van der Waals surface area contributed by atoms with Crippen LogP contribution in [0.2, 0.25) is 0 Å². The minimum atomic E-state index is -0.625.